The maximum Gasteiger partial charge on any atom is 0.258 e. The summed E-state index contributed by atoms with van der Waals surface area (Å²) in [6, 6.07) is 20.4. The highest BCUT2D eigenvalue weighted by Gasteiger charge is 2.49. The lowest BCUT2D eigenvalue weighted by Gasteiger charge is -2.41. The Morgan fingerprint density at radius 1 is 0.955 bits per heavy atom. The highest BCUT2D eigenvalue weighted by Crippen LogP contribution is 2.40. The average molecular weight is 311 g/mol. The first-order valence-electron chi connectivity index (χ1n) is 7.97. The van der Waals surface area contributed by atoms with Gasteiger partial charge in [0, 0.05) is 0 Å². The van der Waals surface area contributed by atoms with Crippen LogP contribution in [0.1, 0.15) is 33.1 Å². The zero-order valence-electron chi connectivity index (χ0n) is 13.6. The van der Waals surface area contributed by atoms with Crippen molar-refractivity contribution in [2.45, 2.75) is 38.1 Å². The van der Waals surface area contributed by atoms with Gasteiger partial charge >= 0.3 is 0 Å². The van der Waals surface area contributed by atoms with Crippen LogP contribution in [-0.4, -0.2) is 13.1 Å². The average Bonchev–Trinajstić information content (AvgIpc) is 2.55. The number of hydrogen-bond donors (Lipinski definition) is 1. The van der Waals surface area contributed by atoms with E-state index in [2.05, 4.69) is 44.7 Å². The standard InChI is InChI=1S/C20H26OSi/c1-4-5-12-17-20(2,3)22(21,18-13-8-6-9-14-18)19-15-10-7-11-16-19/h4,6-11,13-16,21H,1,5,12,17H2,2-3H3. The van der Waals surface area contributed by atoms with Gasteiger partial charge in [-0.05, 0) is 34.7 Å². The van der Waals surface area contributed by atoms with E-state index in [-0.39, 0.29) is 5.04 Å². The van der Waals surface area contributed by atoms with Crippen molar-refractivity contribution in [2.24, 2.45) is 0 Å². The lowest BCUT2D eigenvalue weighted by molar-refractivity contribution is 0.458. The molecule has 0 atom stereocenters. The molecule has 0 spiro atoms. The largest absolute Gasteiger partial charge is 0.424 e. The molecule has 22 heavy (non-hydrogen) atoms. The third-order valence-electron chi connectivity index (χ3n) is 4.57. The molecule has 0 aliphatic rings. The second-order valence-corrected chi connectivity index (χ2v) is 10.4. The molecule has 1 nitrogen and oxygen atoms in total. The van der Waals surface area contributed by atoms with Crippen LogP contribution in [-0.2, 0) is 0 Å². The predicted molar refractivity (Wildman–Crippen MR) is 98.2 cm³/mol. The lowest BCUT2D eigenvalue weighted by Crippen LogP contribution is -2.65. The van der Waals surface area contributed by atoms with Gasteiger partial charge in [-0.2, -0.15) is 0 Å². The van der Waals surface area contributed by atoms with Gasteiger partial charge in [0.05, 0.1) is 0 Å². The van der Waals surface area contributed by atoms with E-state index in [1.807, 2.05) is 42.5 Å². The predicted octanol–water partition coefficient (Wildman–Crippen LogP) is 3.88. The third-order valence-corrected chi connectivity index (χ3v) is 9.12. The van der Waals surface area contributed by atoms with E-state index in [1.165, 1.54) is 0 Å². The summed E-state index contributed by atoms with van der Waals surface area (Å²) in [5, 5.41) is 2.04. The lowest BCUT2D eigenvalue weighted by atomic mass is 10.1. The van der Waals surface area contributed by atoms with Gasteiger partial charge < -0.3 is 4.80 Å². The molecule has 2 aromatic rings. The maximum absolute atomic E-state index is 11.9. The van der Waals surface area contributed by atoms with E-state index < -0.39 is 8.32 Å². The molecular weight excluding hydrogens is 284 g/mol. The molecule has 116 valence electrons. The summed E-state index contributed by atoms with van der Waals surface area (Å²) in [6.07, 6.45) is 5.01. The first-order chi connectivity index (χ1) is 10.5. The van der Waals surface area contributed by atoms with Crippen molar-refractivity contribution in [1.29, 1.82) is 0 Å². The summed E-state index contributed by atoms with van der Waals surface area (Å²) < 4.78 is 0. The second kappa shape index (κ2) is 7.08. The molecule has 0 aliphatic carbocycles. The fraction of sp³-hybridized carbons (Fsp3) is 0.300. The Hall–Kier alpha value is -1.64. The van der Waals surface area contributed by atoms with Gasteiger partial charge in [-0.1, -0.05) is 80.6 Å². The fourth-order valence-corrected chi connectivity index (χ4v) is 6.96. The summed E-state index contributed by atoms with van der Waals surface area (Å²) in [5.41, 5.74) is 0. The summed E-state index contributed by atoms with van der Waals surface area (Å²) in [7, 11) is -2.81. The van der Waals surface area contributed by atoms with Gasteiger partial charge in [0.1, 0.15) is 0 Å². The number of hydrogen-bond acceptors (Lipinski definition) is 1. The summed E-state index contributed by atoms with van der Waals surface area (Å²) in [4.78, 5) is 11.9. The van der Waals surface area contributed by atoms with Crippen molar-refractivity contribution in [3.8, 4) is 0 Å². The Balaban J connectivity index is 2.49. The molecule has 0 radical (unpaired) electrons. The van der Waals surface area contributed by atoms with Crippen LogP contribution in [0, 0.1) is 0 Å². The summed E-state index contributed by atoms with van der Waals surface area (Å²) in [6.45, 7) is 8.23. The minimum absolute atomic E-state index is 0.140. The van der Waals surface area contributed by atoms with Crippen LogP contribution >= 0.6 is 0 Å². The van der Waals surface area contributed by atoms with Crippen molar-refractivity contribution in [3.63, 3.8) is 0 Å². The quantitative estimate of drug-likeness (QED) is 0.467. The number of benzene rings is 2. The topological polar surface area (TPSA) is 20.2 Å². The zero-order chi connectivity index (χ0) is 16.1. The highest BCUT2D eigenvalue weighted by molar-refractivity contribution is 6.98. The maximum atomic E-state index is 11.9. The molecule has 0 fully saturated rings. The first kappa shape index (κ1) is 16.7. The van der Waals surface area contributed by atoms with Crippen LogP contribution in [0.25, 0.3) is 0 Å². The Kier molecular flexibility index (Phi) is 5.38. The van der Waals surface area contributed by atoms with E-state index >= 15 is 0 Å². The van der Waals surface area contributed by atoms with Crippen LogP contribution in [0.3, 0.4) is 0 Å². The summed E-state index contributed by atoms with van der Waals surface area (Å²) >= 11 is 0. The number of allylic oxidation sites excluding steroid dienone is 1. The molecule has 0 amide bonds. The first-order valence-corrected chi connectivity index (χ1v) is 9.91. The Labute approximate surface area is 135 Å². The van der Waals surface area contributed by atoms with Crippen molar-refractivity contribution in [3.05, 3.63) is 73.3 Å². The van der Waals surface area contributed by atoms with E-state index in [1.54, 1.807) is 0 Å². The molecule has 0 saturated carbocycles. The van der Waals surface area contributed by atoms with Gasteiger partial charge in [-0.25, -0.2) is 0 Å². The van der Waals surface area contributed by atoms with Crippen molar-refractivity contribution in [2.75, 3.05) is 0 Å². The van der Waals surface area contributed by atoms with E-state index in [9.17, 15) is 4.80 Å². The molecule has 1 N–H and O–H groups in total. The monoisotopic (exact) mass is 310 g/mol. The Bertz CT molecular complexity index is 550. The number of rotatable bonds is 7. The minimum atomic E-state index is -2.81. The van der Waals surface area contributed by atoms with Crippen molar-refractivity contribution in [1.82, 2.24) is 0 Å². The molecule has 0 heterocycles. The second-order valence-electron chi connectivity index (χ2n) is 6.51. The van der Waals surface area contributed by atoms with E-state index in [0.717, 1.165) is 29.6 Å². The van der Waals surface area contributed by atoms with Crippen LogP contribution in [0.2, 0.25) is 5.04 Å². The van der Waals surface area contributed by atoms with Crippen LogP contribution in [0.5, 0.6) is 0 Å². The van der Waals surface area contributed by atoms with E-state index in [0.29, 0.717) is 0 Å². The highest BCUT2D eigenvalue weighted by atomic mass is 28.4. The van der Waals surface area contributed by atoms with Gasteiger partial charge in [-0.3, -0.25) is 0 Å². The molecule has 0 aromatic heterocycles. The number of unbranched alkanes of at least 4 members (excludes halogenated alkanes) is 1. The van der Waals surface area contributed by atoms with Crippen molar-refractivity contribution >= 4 is 18.7 Å². The molecule has 2 aromatic carbocycles. The molecular formula is C20H26OSi. The molecule has 0 bridgehead atoms. The SMILES string of the molecule is C=CCCCC(C)(C)[Si](O)(c1ccccc1)c1ccccc1. The van der Waals surface area contributed by atoms with Gasteiger partial charge in [0.2, 0.25) is 0 Å². The molecule has 0 unspecified atom stereocenters. The van der Waals surface area contributed by atoms with Gasteiger partial charge in [0.25, 0.3) is 8.32 Å². The van der Waals surface area contributed by atoms with E-state index in [4.69, 9.17) is 0 Å². The molecule has 2 heteroatoms. The smallest absolute Gasteiger partial charge is 0.258 e. The Morgan fingerprint density at radius 2 is 1.41 bits per heavy atom. The molecule has 0 aliphatic heterocycles. The van der Waals surface area contributed by atoms with Crippen molar-refractivity contribution < 1.29 is 4.80 Å². The molecule has 0 saturated heterocycles. The summed E-state index contributed by atoms with van der Waals surface area (Å²) in [5.74, 6) is 0. The normalized spacial score (nSPS) is 12.1. The van der Waals surface area contributed by atoms with Gasteiger partial charge in [-0.15, -0.1) is 6.58 Å². The van der Waals surface area contributed by atoms with Crippen LogP contribution in [0.15, 0.2) is 73.3 Å². The van der Waals surface area contributed by atoms with Crippen LogP contribution < -0.4 is 10.4 Å². The Morgan fingerprint density at radius 3 is 1.82 bits per heavy atom. The molecule has 2 rings (SSSR count). The third kappa shape index (κ3) is 3.23. The fourth-order valence-electron chi connectivity index (χ4n) is 3.18. The van der Waals surface area contributed by atoms with Crippen LogP contribution in [0.4, 0.5) is 0 Å². The zero-order valence-corrected chi connectivity index (χ0v) is 14.6. The minimum Gasteiger partial charge on any atom is -0.424 e. The van der Waals surface area contributed by atoms with Gasteiger partial charge in [0.15, 0.2) is 0 Å².